The number of aromatic nitrogens is 2. The fourth-order valence-electron chi connectivity index (χ4n) is 5.20. The monoisotopic (exact) mass is 834 g/mol. The zero-order valence-corrected chi connectivity index (χ0v) is 33.2. The van der Waals surface area contributed by atoms with Gasteiger partial charge in [-0.15, -0.1) is 0 Å². The number of aliphatic hydroxyl groups is 1. The first-order valence-corrected chi connectivity index (χ1v) is 18.8. The van der Waals surface area contributed by atoms with Gasteiger partial charge in [0.25, 0.3) is 0 Å². The number of nitrogens with one attached hydrogen (secondary N) is 7. The van der Waals surface area contributed by atoms with E-state index in [4.69, 9.17) is 17.2 Å². The number of benzene rings is 1. The van der Waals surface area contributed by atoms with Crippen LogP contribution in [0, 0.1) is 5.92 Å². The maximum Gasteiger partial charge on any atom is 0.325 e. The van der Waals surface area contributed by atoms with E-state index in [1.165, 1.54) is 43.7 Å². The molecule has 0 aliphatic heterocycles. The Kier molecular flexibility index (Phi) is 19.9. The van der Waals surface area contributed by atoms with E-state index in [1.54, 1.807) is 13.8 Å². The molecule has 58 heavy (non-hydrogen) atoms. The maximum absolute atomic E-state index is 13.8. The van der Waals surface area contributed by atoms with Crippen LogP contribution in [0.15, 0.2) is 41.8 Å². The normalized spacial score (nSPS) is 14.6. The summed E-state index contributed by atoms with van der Waals surface area (Å²) >= 11 is 4.01. The van der Waals surface area contributed by atoms with Crippen LogP contribution in [0.3, 0.4) is 0 Å². The van der Waals surface area contributed by atoms with Crippen LogP contribution in [-0.2, 0) is 46.4 Å². The van der Waals surface area contributed by atoms with Crippen molar-refractivity contribution >= 4 is 60.0 Å². The van der Waals surface area contributed by atoms with Gasteiger partial charge < -0.3 is 69.4 Å². The molecule has 0 radical (unpaired) electrons. The van der Waals surface area contributed by atoms with Gasteiger partial charge in [0.05, 0.1) is 19.0 Å². The Bertz CT molecular complexity index is 1720. The topological polar surface area (TPSA) is 371 Å². The van der Waals surface area contributed by atoms with E-state index in [0.29, 0.717) is 11.3 Å². The molecule has 0 saturated heterocycles. The van der Waals surface area contributed by atoms with Crippen molar-refractivity contribution in [2.45, 2.75) is 88.7 Å². The first-order valence-electron chi connectivity index (χ1n) is 18.2. The minimum absolute atomic E-state index is 0.00781. The predicted molar refractivity (Wildman–Crippen MR) is 213 cm³/mol. The number of aliphatic carboxylic acids is 1. The van der Waals surface area contributed by atoms with Gasteiger partial charge in [0.15, 0.2) is 5.96 Å². The van der Waals surface area contributed by atoms with Crippen LogP contribution in [0.25, 0.3) is 0 Å². The second kappa shape index (κ2) is 24.0. The van der Waals surface area contributed by atoms with Crippen molar-refractivity contribution in [1.82, 2.24) is 41.9 Å². The van der Waals surface area contributed by atoms with Gasteiger partial charge in [-0.25, -0.2) is 4.98 Å². The minimum atomic E-state index is -1.69. The first kappa shape index (κ1) is 48.2. The second-order valence-electron chi connectivity index (χ2n) is 13.6. The number of carboxylic acid groups (broad SMARTS) is 1. The van der Waals surface area contributed by atoms with Crippen LogP contribution in [0.4, 0.5) is 0 Å². The van der Waals surface area contributed by atoms with Crippen LogP contribution in [0.5, 0.6) is 5.75 Å². The zero-order chi connectivity index (χ0) is 43.5. The van der Waals surface area contributed by atoms with Gasteiger partial charge in [0.1, 0.15) is 42.0 Å². The number of guanidine groups is 1. The number of amides is 6. The van der Waals surface area contributed by atoms with Gasteiger partial charge in [0.2, 0.25) is 35.4 Å². The van der Waals surface area contributed by atoms with Crippen LogP contribution in [0.2, 0.25) is 0 Å². The molecule has 320 valence electrons. The lowest BCUT2D eigenvalue weighted by Crippen LogP contribution is -2.61. The Hall–Kier alpha value is -5.94. The molecule has 1 heterocycles. The number of nitrogens with zero attached hydrogens (tertiary/aromatic N) is 2. The number of carboxylic acids is 1. The van der Waals surface area contributed by atoms with Crippen molar-refractivity contribution in [3.05, 3.63) is 48.0 Å². The molecule has 22 nitrogen and oxygen atoms in total. The average molecular weight is 835 g/mol. The lowest BCUT2D eigenvalue weighted by atomic mass is 10.0. The highest BCUT2D eigenvalue weighted by atomic mass is 32.1. The van der Waals surface area contributed by atoms with E-state index in [-0.39, 0.29) is 49.7 Å². The minimum Gasteiger partial charge on any atom is -0.508 e. The highest BCUT2D eigenvalue weighted by Gasteiger charge is 2.34. The molecule has 23 heteroatoms. The summed E-state index contributed by atoms with van der Waals surface area (Å²) in [4.78, 5) is 102. The molecular formula is C35H54N12O10S. The fourth-order valence-corrected chi connectivity index (χ4v) is 5.37. The number of aliphatic hydroxyl groups excluding tert-OH is 1. The Balaban J connectivity index is 2.37. The Morgan fingerprint density at radius 2 is 1.34 bits per heavy atom. The third kappa shape index (κ3) is 16.3. The summed E-state index contributed by atoms with van der Waals surface area (Å²) in [5, 5.41) is 44.2. The van der Waals surface area contributed by atoms with E-state index in [1.807, 2.05) is 0 Å². The van der Waals surface area contributed by atoms with Crippen LogP contribution in [-0.4, -0.2) is 134 Å². The molecule has 1 aromatic heterocycles. The number of phenolic OH excluding ortho intramolecular Hbond substituents is 1. The number of H-pyrrole nitrogens is 1. The summed E-state index contributed by atoms with van der Waals surface area (Å²) in [6.45, 7) is 3.65. The van der Waals surface area contributed by atoms with Crippen molar-refractivity contribution < 1.29 is 48.9 Å². The summed E-state index contributed by atoms with van der Waals surface area (Å²) in [5.74, 6) is -7.19. The smallest absolute Gasteiger partial charge is 0.325 e. The number of aromatic amines is 1. The summed E-state index contributed by atoms with van der Waals surface area (Å²) in [7, 11) is 0. The lowest BCUT2D eigenvalue weighted by Gasteiger charge is -2.28. The third-order valence-electron chi connectivity index (χ3n) is 8.52. The molecule has 16 N–H and O–H groups in total. The highest BCUT2D eigenvalue weighted by Crippen LogP contribution is 2.13. The second-order valence-corrected chi connectivity index (χ2v) is 14.0. The van der Waals surface area contributed by atoms with Gasteiger partial charge in [-0.3, -0.25) is 38.6 Å². The number of aliphatic imine (C=N–C) groups is 1. The van der Waals surface area contributed by atoms with Crippen molar-refractivity contribution in [3.63, 3.8) is 0 Å². The number of carbonyl (C=O) groups excluding carboxylic acids is 6. The molecule has 0 saturated carbocycles. The van der Waals surface area contributed by atoms with Crippen LogP contribution >= 0.6 is 12.6 Å². The Morgan fingerprint density at radius 1 is 0.793 bits per heavy atom. The van der Waals surface area contributed by atoms with Crippen molar-refractivity contribution in [3.8, 4) is 5.75 Å². The predicted octanol–water partition coefficient (Wildman–Crippen LogP) is -4.13. The highest BCUT2D eigenvalue weighted by molar-refractivity contribution is 7.80. The van der Waals surface area contributed by atoms with Crippen molar-refractivity contribution in [1.29, 1.82) is 0 Å². The number of carbonyl (C=O) groups is 7. The number of nitrogens with two attached hydrogens (primary N) is 3. The number of rotatable bonds is 24. The van der Waals surface area contributed by atoms with Gasteiger partial charge in [-0.05, 0) is 43.4 Å². The van der Waals surface area contributed by atoms with E-state index < -0.39 is 96.2 Å². The standard InChI is InChI=1S/C35H54N12O10S/c1-17(2)27(47-28(50)22(36)15-58)33(55)45-25(12-20-13-39-16-41-20)31(53)46-26(14-48)32(54)44-24(11-19-6-8-21(49)9-7-19)30(52)43-23(5-4-10-40-35(37)38)29(51)42-18(3)34(56)57/h6-9,13,16-18,22-27,48-49,58H,4-5,10-12,14-15,36H2,1-3H3,(H,39,41)(H,42,51)(H,43,52)(H,44,54)(H,45,55)(H,46,53)(H,47,50)(H,56,57)(H4,37,38,40)/t18-,22-,23-,24-,25-,26-,27-/m0/s1. The molecule has 0 spiro atoms. The first-order chi connectivity index (χ1) is 27.4. The van der Waals surface area contributed by atoms with Gasteiger partial charge in [0, 0.05) is 37.0 Å². The van der Waals surface area contributed by atoms with E-state index in [2.05, 4.69) is 59.5 Å². The summed E-state index contributed by atoms with van der Waals surface area (Å²) in [5.41, 5.74) is 17.4. The quantitative estimate of drug-likeness (QED) is 0.0207. The lowest BCUT2D eigenvalue weighted by molar-refractivity contribution is -0.142. The fraction of sp³-hybridized carbons (Fsp3) is 0.514. The summed E-state index contributed by atoms with van der Waals surface area (Å²) in [6, 6.07) is -3.68. The molecule has 0 aliphatic carbocycles. The molecule has 0 fully saturated rings. The summed E-state index contributed by atoms with van der Waals surface area (Å²) < 4.78 is 0. The number of aromatic hydroxyl groups is 1. The Labute approximate surface area is 339 Å². The average Bonchev–Trinajstić information content (AvgIpc) is 3.69. The van der Waals surface area contributed by atoms with Gasteiger partial charge >= 0.3 is 5.97 Å². The summed E-state index contributed by atoms with van der Waals surface area (Å²) in [6.07, 6.45) is 2.49. The van der Waals surface area contributed by atoms with E-state index in [0.717, 1.165) is 0 Å². The van der Waals surface area contributed by atoms with Crippen LogP contribution < -0.4 is 49.1 Å². The molecule has 1 aromatic carbocycles. The zero-order valence-electron chi connectivity index (χ0n) is 32.3. The van der Waals surface area contributed by atoms with Crippen LogP contribution in [0.1, 0.15) is 44.9 Å². The number of hydrogen-bond donors (Lipinski definition) is 14. The molecule has 2 aromatic rings. The van der Waals surface area contributed by atoms with Crippen molar-refractivity contribution in [2.75, 3.05) is 18.9 Å². The number of imidazole rings is 1. The molecule has 0 unspecified atom stereocenters. The van der Waals surface area contributed by atoms with E-state index in [9.17, 15) is 48.9 Å². The maximum atomic E-state index is 13.8. The van der Waals surface area contributed by atoms with E-state index >= 15 is 0 Å². The largest absolute Gasteiger partial charge is 0.508 e. The van der Waals surface area contributed by atoms with Gasteiger partial charge in [-0.2, -0.15) is 12.6 Å². The molecule has 2 rings (SSSR count). The third-order valence-corrected chi connectivity index (χ3v) is 8.92. The van der Waals surface area contributed by atoms with Gasteiger partial charge in [-0.1, -0.05) is 26.0 Å². The number of hydrogen-bond acceptors (Lipinski definition) is 13. The number of phenols is 1. The molecular weight excluding hydrogens is 781 g/mol. The SMILES string of the molecule is CC(C)[C@H](NC(=O)[C@@H](N)CS)C(=O)N[C@@H](Cc1cnc[nH]1)C(=O)N[C@@H](CO)C(=O)N[C@@H](Cc1ccc(O)cc1)C(=O)N[C@@H](CCCN=C(N)N)C(=O)N[C@@H](C)C(=O)O. The molecule has 7 atom stereocenters. The molecule has 6 amide bonds. The number of thiol groups is 1. The van der Waals surface area contributed by atoms with Crippen molar-refractivity contribution in [2.24, 2.45) is 28.1 Å². The molecule has 0 aliphatic rings. The molecule has 0 bridgehead atoms. The Morgan fingerprint density at radius 3 is 1.88 bits per heavy atom.